The van der Waals surface area contributed by atoms with Gasteiger partial charge in [0.25, 0.3) is 0 Å². The second kappa shape index (κ2) is 7.61. The van der Waals surface area contributed by atoms with Crippen LogP contribution in [0.2, 0.25) is 0 Å². The van der Waals surface area contributed by atoms with Crippen LogP contribution in [0.1, 0.15) is 19.1 Å². The Morgan fingerprint density at radius 2 is 2.15 bits per heavy atom. The van der Waals surface area contributed by atoms with E-state index in [4.69, 9.17) is 14.2 Å². The van der Waals surface area contributed by atoms with E-state index in [0.717, 1.165) is 36.5 Å². The molecule has 1 atom stereocenters. The average Bonchev–Trinajstić information content (AvgIpc) is 3.37. The molecule has 27 heavy (non-hydrogen) atoms. The van der Waals surface area contributed by atoms with Gasteiger partial charge in [0, 0.05) is 12.7 Å². The van der Waals surface area contributed by atoms with Crippen LogP contribution in [0.3, 0.4) is 0 Å². The van der Waals surface area contributed by atoms with Crippen molar-refractivity contribution in [2.45, 2.75) is 24.2 Å². The molecule has 0 saturated carbocycles. The van der Waals surface area contributed by atoms with Crippen LogP contribution in [0.25, 0.3) is 11.2 Å². The van der Waals surface area contributed by atoms with E-state index in [2.05, 4.69) is 20.3 Å². The van der Waals surface area contributed by atoms with Gasteiger partial charge in [-0.05, 0) is 31.2 Å². The Bertz CT molecular complexity index is 956. The lowest BCUT2D eigenvalue weighted by atomic mass is 10.2. The molecule has 0 bridgehead atoms. The largest absolute Gasteiger partial charge is 0.497 e. The van der Waals surface area contributed by atoms with Crippen LogP contribution in [0.4, 0.5) is 11.5 Å². The third-order valence-corrected chi connectivity index (χ3v) is 5.01. The van der Waals surface area contributed by atoms with E-state index in [-0.39, 0.29) is 6.23 Å². The normalized spacial score (nSPS) is 16.6. The molecular weight excluding hydrogens is 366 g/mol. The first-order chi connectivity index (χ1) is 13.2. The Kier molecular flexibility index (Phi) is 5.04. The summed E-state index contributed by atoms with van der Waals surface area (Å²) < 4.78 is 18.5. The van der Waals surface area contributed by atoms with E-state index in [1.54, 1.807) is 20.5 Å². The van der Waals surface area contributed by atoms with Gasteiger partial charge in [-0.15, -0.1) is 0 Å². The Morgan fingerprint density at radius 1 is 1.26 bits per heavy atom. The van der Waals surface area contributed by atoms with Crippen molar-refractivity contribution in [2.75, 3.05) is 32.4 Å². The SMILES string of the molecule is COc1ccc(Nc2nc(SC)nc3c2ncn3C2CCCO2)c(OC)c1. The third-order valence-electron chi connectivity index (χ3n) is 4.46. The molecule has 3 heterocycles. The Balaban J connectivity index is 1.77. The van der Waals surface area contributed by atoms with Crippen molar-refractivity contribution in [3.63, 3.8) is 0 Å². The molecule has 0 amide bonds. The van der Waals surface area contributed by atoms with Gasteiger partial charge in [-0.3, -0.25) is 4.57 Å². The highest BCUT2D eigenvalue weighted by Crippen LogP contribution is 2.34. The van der Waals surface area contributed by atoms with Gasteiger partial charge in [-0.2, -0.15) is 0 Å². The first-order valence-electron chi connectivity index (χ1n) is 8.62. The second-order valence-corrected chi connectivity index (χ2v) is 6.82. The number of ether oxygens (including phenoxy) is 3. The van der Waals surface area contributed by atoms with E-state index in [0.29, 0.717) is 22.2 Å². The Morgan fingerprint density at radius 3 is 2.85 bits per heavy atom. The first-order valence-corrected chi connectivity index (χ1v) is 9.85. The zero-order valence-corrected chi connectivity index (χ0v) is 16.2. The fraction of sp³-hybridized carbons (Fsp3) is 0.389. The van der Waals surface area contributed by atoms with Crippen molar-refractivity contribution in [3.05, 3.63) is 24.5 Å². The van der Waals surface area contributed by atoms with Crippen LogP contribution in [0, 0.1) is 0 Å². The third kappa shape index (κ3) is 3.40. The smallest absolute Gasteiger partial charge is 0.191 e. The minimum absolute atomic E-state index is 0.0250. The van der Waals surface area contributed by atoms with Crippen molar-refractivity contribution < 1.29 is 14.2 Å². The standard InChI is InChI=1S/C18H21N5O3S/c1-24-11-6-7-12(13(9-11)25-2)20-16-15-17(22-18(21-16)27-3)23(10-19-15)14-5-4-8-26-14/h6-7,9-10,14H,4-5,8H2,1-3H3,(H,20,21,22). The topological polar surface area (TPSA) is 83.3 Å². The second-order valence-electron chi connectivity index (χ2n) is 6.04. The predicted octanol–water partition coefficient (Wildman–Crippen LogP) is 3.62. The first kappa shape index (κ1) is 17.9. The lowest BCUT2D eigenvalue weighted by Crippen LogP contribution is -2.07. The van der Waals surface area contributed by atoms with Crippen molar-refractivity contribution in [2.24, 2.45) is 0 Å². The van der Waals surface area contributed by atoms with E-state index >= 15 is 0 Å². The van der Waals surface area contributed by atoms with Crippen LogP contribution in [0.15, 0.2) is 29.7 Å². The number of anilines is 2. The molecule has 142 valence electrons. The summed E-state index contributed by atoms with van der Waals surface area (Å²) in [6.07, 6.45) is 5.70. The number of thioether (sulfide) groups is 1. The van der Waals surface area contributed by atoms with Gasteiger partial charge in [-0.1, -0.05) is 11.8 Å². The fourth-order valence-corrected chi connectivity index (χ4v) is 3.46. The molecule has 2 aromatic heterocycles. The van der Waals surface area contributed by atoms with E-state index in [1.807, 2.05) is 29.0 Å². The number of nitrogens with zero attached hydrogens (tertiary/aromatic N) is 4. The molecule has 8 nitrogen and oxygen atoms in total. The highest BCUT2D eigenvalue weighted by atomic mass is 32.2. The summed E-state index contributed by atoms with van der Waals surface area (Å²) in [6.45, 7) is 0.763. The van der Waals surface area contributed by atoms with Crippen molar-refractivity contribution >= 4 is 34.4 Å². The molecule has 0 aliphatic carbocycles. The maximum Gasteiger partial charge on any atom is 0.191 e. The van der Waals surface area contributed by atoms with Gasteiger partial charge in [0.05, 0.1) is 26.2 Å². The quantitative estimate of drug-likeness (QED) is 0.507. The van der Waals surface area contributed by atoms with Crippen molar-refractivity contribution in [1.29, 1.82) is 0 Å². The Hall–Kier alpha value is -2.52. The summed E-state index contributed by atoms with van der Waals surface area (Å²) in [5.41, 5.74) is 2.23. The monoisotopic (exact) mass is 387 g/mol. The summed E-state index contributed by atoms with van der Waals surface area (Å²) in [4.78, 5) is 13.8. The van der Waals surface area contributed by atoms with E-state index < -0.39 is 0 Å². The summed E-state index contributed by atoms with van der Waals surface area (Å²) in [5, 5.41) is 4.00. The zero-order valence-electron chi connectivity index (χ0n) is 15.4. The van der Waals surface area contributed by atoms with Gasteiger partial charge >= 0.3 is 0 Å². The summed E-state index contributed by atoms with van der Waals surface area (Å²) in [5.74, 6) is 2.01. The van der Waals surface area contributed by atoms with Crippen molar-refractivity contribution in [3.8, 4) is 11.5 Å². The van der Waals surface area contributed by atoms with Gasteiger partial charge in [0.1, 0.15) is 17.7 Å². The number of imidazole rings is 1. The van der Waals surface area contributed by atoms with Gasteiger partial charge in [-0.25, -0.2) is 15.0 Å². The summed E-state index contributed by atoms with van der Waals surface area (Å²) in [6, 6.07) is 5.58. The maximum absolute atomic E-state index is 5.80. The molecule has 1 fully saturated rings. The lowest BCUT2D eigenvalue weighted by molar-refractivity contribution is 0.0592. The molecular formula is C18H21N5O3S. The number of hydrogen-bond donors (Lipinski definition) is 1. The molecule has 1 aromatic carbocycles. The van der Waals surface area contributed by atoms with Crippen LogP contribution < -0.4 is 14.8 Å². The molecule has 1 saturated heterocycles. The minimum Gasteiger partial charge on any atom is -0.497 e. The minimum atomic E-state index is -0.0250. The molecule has 0 spiro atoms. The Labute approximate surface area is 161 Å². The highest BCUT2D eigenvalue weighted by Gasteiger charge is 2.22. The highest BCUT2D eigenvalue weighted by molar-refractivity contribution is 7.98. The molecule has 4 rings (SSSR count). The molecule has 9 heteroatoms. The molecule has 1 aliphatic rings. The van der Waals surface area contributed by atoms with E-state index in [9.17, 15) is 0 Å². The number of nitrogens with one attached hydrogen (secondary N) is 1. The summed E-state index contributed by atoms with van der Waals surface area (Å²) >= 11 is 1.48. The number of aromatic nitrogens is 4. The number of hydrogen-bond acceptors (Lipinski definition) is 8. The molecule has 1 unspecified atom stereocenters. The van der Waals surface area contributed by atoms with Crippen LogP contribution in [0.5, 0.6) is 11.5 Å². The van der Waals surface area contributed by atoms with Gasteiger partial charge in [0.2, 0.25) is 0 Å². The van der Waals surface area contributed by atoms with Crippen LogP contribution in [-0.2, 0) is 4.74 Å². The van der Waals surface area contributed by atoms with Gasteiger partial charge in [0.15, 0.2) is 22.1 Å². The summed E-state index contributed by atoms with van der Waals surface area (Å²) in [7, 11) is 3.24. The van der Waals surface area contributed by atoms with Crippen LogP contribution in [-0.4, -0.2) is 46.6 Å². The van der Waals surface area contributed by atoms with Gasteiger partial charge < -0.3 is 19.5 Å². The average molecular weight is 387 g/mol. The molecule has 3 aromatic rings. The number of benzene rings is 1. The zero-order chi connectivity index (χ0) is 18.8. The molecule has 1 aliphatic heterocycles. The number of methoxy groups -OCH3 is 2. The lowest BCUT2D eigenvalue weighted by Gasteiger charge is -2.14. The molecule has 0 radical (unpaired) electrons. The van der Waals surface area contributed by atoms with E-state index in [1.165, 1.54) is 11.8 Å². The van der Waals surface area contributed by atoms with Crippen molar-refractivity contribution in [1.82, 2.24) is 19.5 Å². The fourth-order valence-electron chi connectivity index (χ4n) is 3.10. The number of fused-ring (bicyclic) bond motifs is 1. The predicted molar refractivity (Wildman–Crippen MR) is 104 cm³/mol. The van der Waals surface area contributed by atoms with Crippen LogP contribution >= 0.6 is 11.8 Å². The molecule has 1 N–H and O–H groups in total. The maximum atomic E-state index is 5.80. The number of rotatable bonds is 6.